The average molecular weight is 457 g/mol. The number of anilines is 1. The van der Waals surface area contributed by atoms with Crippen molar-refractivity contribution < 1.29 is 4.79 Å². The van der Waals surface area contributed by atoms with Crippen molar-refractivity contribution in [3.8, 4) is 0 Å². The SMILES string of the molecule is Cn1c(Cc2cccc3ccccc23)nnc1SCC(=O)Nc1ccc(Cl)cc1Cl. The van der Waals surface area contributed by atoms with E-state index in [0.717, 1.165) is 5.82 Å². The van der Waals surface area contributed by atoms with Crippen LogP contribution >= 0.6 is 35.0 Å². The number of carbonyl (C=O) groups is 1. The molecule has 0 atom stereocenters. The molecule has 152 valence electrons. The summed E-state index contributed by atoms with van der Waals surface area (Å²) in [6.07, 6.45) is 0.665. The minimum absolute atomic E-state index is 0.178. The predicted molar refractivity (Wildman–Crippen MR) is 124 cm³/mol. The van der Waals surface area contributed by atoms with Gasteiger partial charge in [-0.1, -0.05) is 77.4 Å². The lowest BCUT2D eigenvalue weighted by Gasteiger charge is -2.08. The summed E-state index contributed by atoms with van der Waals surface area (Å²) in [6.45, 7) is 0. The van der Waals surface area contributed by atoms with E-state index < -0.39 is 0 Å². The zero-order valence-corrected chi connectivity index (χ0v) is 18.4. The van der Waals surface area contributed by atoms with Crippen LogP contribution in [0.3, 0.4) is 0 Å². The van der Waals surface area contributed by atoms with Crippen LogP contribution in [0.5, 0.6) is 0 Å². The first-order valence-corrected chi connectivity index (χ1v) is 11.0. The molecule has 1 heterocycles. The lowest BCUT2D eigenvalue weighted by molar-refractivity contribution is -0.113. The monoisotopic (exact) mass is 456 g/mol. The Labute approximate surface area is 188 Å². The van der Waals surface area contributed by atoms with Crippen LogP contribution in [0, 0.1) is 0 Å². The summed E-state index contributed by atoms with van der Waals surface area (Å²) in [5, 5.41) is 15.4. The van der Waals surface area contributed by atoms with Gasteiger partial charge in [0.2, 0.25) is 5.91 Å². The number of nitrogens with zero attached hydrogens (tertiary/aromatic N) is 3. The number of carbonyl (C=O) groups excluding carboxylic acids is 1. The summed E-state index contributed by atoms with van der Waals surface area (Å²) in [5.74, 6) is 0.858. The Hall–Kier alpha value is -2.54. The number of amides is 1. The number of hydrogen-bond acceptors (Lipinski definition) is 4. The number of aromatic nitrogens is 3. The number of hydrogen-bond donors (Lipinski definition) is 1. The van der Waals surface area contributed by atoms with E-state index in [0.29, 0.717) is 27.3 Å². The number of benzene rings is 3. The molecule has 5 nitrogen and oxygen atoms in total. The zero-order chi connectivity index (χ0) is 21.1. The van der Waals surface area contributed by atoms with Crippen molar-refractivity contribution in [3.05, 3.63) is 82.1 Å². The van der Waals surface area contributed by atoms with Crippen LogP contribution < -0.4 is 5.32 Å². The van der Waals surface area contributed by atoms with Crippen molar-refractivity contribution in [3.63, 3.8) is 0 Å². The molecule has 1 aromatic heterocycles. The Morgan fingerprint density at radius 1 is 1.07 bits per heavy atom. The fourth-order valence-electron chi connectivity index (χ4n) is 3.15. The third-order valence-corrected chi connectivity index (χ3v) is 6.26. The molecule has 0 fully saturated rings. The summed E-state index contributed by atoms with van der Waals surface area (Å²) in [6, 6.07) is 19.5. The molecule has 1 amide bonds. The fourth-order valence-corrected chi connectivity index (χ4v) is 4.33. The predicted octanol–water partition coefficient (Wildman–Crippen LogP) is 5.60. The lowest BCUT2D eigenvalue weighted by Crippen LogP contribution is -2.14. The molecule has 0 bridgehead atoms. The zero-order valence-electron chi connectivity index (χ0n) is 16.1. The number of nitrogens with one attached hydrogen (secondary N) is 1. The first-order chi connectivity index (χ1) is 14.5. The van der Waals surface area contributed by atoms with Gasteiger partial charge in [-0.05, 0) is 34.5 Å². The van der Waals surface area contributed by atoms with Gasteiger partial charge in [0.25, 0.3) is 0 Å². The molecule has 30 heavy (non-hydrogen) atoms. The summed E-state index contributed by atoms with van der Waals surface area (Å²) >= 11 is 13.3. The molecule has 0 unspecified atom stereocenters. The lowest BCUT2D eigenvalue weighted by atomic mass is 10.0. The summed E-state index contributed by atoms with van der Waals surface area (Å²) in [5.41, 5.74) is 1.72. The Balaban J connectivity index is 1.42. The van der Waals surface area contributed by atoms with E-state index in [9.17, 15) is 4.79 Å². The van der Waals surface area contributed by atoms with Gasteiger partial charge < -0.3 is 9.88 Å². The van der Waals surface area contributed by atoms with Crippen LogP contribution in [-0.2, 0) is 18.3 Å². The van der Waals surface area contributed by atoms with Crippen molar-refractivity contribution in [2.75, 3.05) is 11.1 Å². The number of fused-ring (bicyclic) bond motifs is 1. The van der Waals surface area contributed by atoms with Gasteiger partial charge in [0.1, 0.15) is 5.82 Å². The van der Waals surface area contributed by atoms with E-state index in [1.807, 2.05) is 23.7 Å². The maximum atomic E-state index is 12.3. The number of halogens is 2. The Morgan fingerprint density at radius 3 is 2.70 bits per heavy atom. The molecule has 4 rings (SSSR count). The summed E-state index contributed by atoms with van der Waals surface area (Å²) < 4.78 is 1.93. The molecule has 1 N–H and O–H groups in total. The molecule has 0 aliphatic carbocycles. The second-order valence-electron chi connectivity index (χ2n) is 6.73. The molecule has 0 saturated carbocycles. The minimum Gasteiger partial charge on any atom is -0.324 e. The highest BCUT2D eigenvalue weighted by Gasteiger charge is 2.14. The third-order valence-electron chi connectivity index (χ3n) is 4.69. The Kier molecular flexibility index (Phi) is 6.27. The van der Waals surface area contributed by atoms with E-state index in [4.69, 9.17) is 23.2 Å². The molecule has 0 saturated heterocycles. The molecule has 0 aliphatic rings. The van der Waals surface area contributed by atoms with Crippen LogP contribution in [0.4, 0.5) is 5.69 Å². The van der Waals surface area contributed by atoms with Crippen molar-refractivity contribution in [1.82, 2.24) is 14.8 Å². The average Bonchev–Trinajstić information content (AvgIpc) is 3.08. The molecule has 0 spiro atoms. The van der Waals surface area contributed by atoms with E-state index in [-0.39, 0.29) is 11.7 Å². The van der Waals surface area contributed by atoms with E-state index in [2.05, 4.69) is 45.8 Å². The summed E-state index contributed by atoms with van der Waals surface area (Å²) in [4.78, 5) is 12.3. The second-order valence-corrected chi connectivity index (χ2v) is 8.52. The van der Waals surface area contributed by atoms with Crippen molar-refractivity contribution in [2.45, 2.75) is 11.6 Å². The highest BCUT2D eigenvalue weighted by molar-refractivity contribution is 7.99. The van der Waals surface area contributed by atoms with Gasteiger partial charge in [0.15, 0.2) is 5.16 Å². The maximum Gasteiger partial charge on any atom is 0.234 e. The van der Waals surface area contributed by atoms with E-state index in [1.54, 1.807) is 18.2 Å². The van der Waals surface area contributed by atoms with Gasteiger partial charge in [-0.3, -0.25) is 4.79 Å². The van der Waals surface area contributed by atoms with Crippen molar-refractivity contribution in [1.29, 1.82) is 0 Å². The van der Waals surface area contributed by atoms with Crippen molar-refractivity contribution in [2.24, 2.45) is 7.05 Å². The highest BCUT2D eigenvalue weighted by Crippen LogP contribution is 2.26. The number of rotatable bonds is 6. The van der Waals surface area contributed by atoms with Gasteiger partial charge in [0.05, 0.1) is 16.5 Å². The van der Waals surface area contributed by atoms with Gasteiger partial charge >= 0.3 is 0 Å². The Bertz CT molecular complexity index is 1220. The smallest absolute Gasteiger partial charge is 0.234 e. The number of thioether (sulfide) groups is 1. The largest absolute Gasteiger partial charge is 0.324 e. The standard InChI is InChI=1S/C22H18Cl2N4OS/c1-28-20(11-15-7-4-6-14-5-2-3-8-17(14)15)26-27-22(28)30-13-21(29)25-19-10-9-16(23)12-18(19)24/h2-10,12H,11,13H2,1H3,(H,25,29). The maximum absolute atomic E-state index is 12.3. The third kappa shape index (κ3) is 4.61. The molecule has 0 aliphatic heterocycles. The van der Waals surface area contributed by atoms with E-state index in [1.165, 1.54) is 28.1 Å². The van der Waals surface area contributed by atoms with Gasteiger partial charge in [-0.2, -0.15) is 0 Å². The van der Waals surface area contributed by atoms with Crippen LogP contribution in [0.1, 0.15) is 11.4 Å². The van der Waals surface area contributed by atoms with Crippen LogP contribution in [0.25, 0.3) is 10.8 Å². The van der Waals surface area contributed by atoms with E-state index >= 15 is 0 Å². The quantitative estimate of drug-likeness (QED) is 0.383. The first kappa shape index (κ1) is 20.7. The van der Waals surface area contributed by atoms with Crippen molar-refractivity contribution >= 4 is 57.3 Å². The fraction of sp³-hybridized carbons (Fsp3) is 0.136. The van der Waals surface area contributed by atoms with Crippen LogP contribution in [0.15, 0.2) is 65.8 Å². The molecular formula is C22H18Cl2N4OS. The molecule has 4 aromatic rings. The van der Waals surface area contributed by atoms with Crippen LogP contribution in [-0.4, -0.2) is 26.4 Å². The highest BCUT2D eigenvalue weighted by atomic mass is 35.5. The molecular weight excluding hydrogens is 439 g/mol. The topological polar surface area (TPSA) is 59.8 Å². The molecule has 8 heteroatoms. The summed E-state index contributed by atoms with van der Waals surface area (Å²) in [7, 11) is 1.91. The minimum atomic E-state index is -0.178. The second kappa shape index (κ2) is 9.08. The van der Waals surface area contributed by atoms with Crippen LogP contribution in [0.2, 0.25) is 10.0 Å². The molecule has 3 aromatic carbocycles. The van der Waals surface area contributed by atoms with Gasteiger partial charge in [-0.25, -0.2) is 0 Å². The first-order valence-electron chi connectivity index (χ1n) is 9.24. The normalized spacial score (nSPS) is 11.0. The van der Waals surface area contributed by atoms with Gasteiger partial charge in [-0.15, -0.1) is 10.2 Å². The Morgan fingerprint density at radius 2 is 1.87 bits per heavy atom. The van der Waals surface area contributed by atoms with Gasteiger partial charge in [0, 0.05) is 18.5 Å². The molecule has 0 radical (unpaired) electrons.